The first-order chi connectivity index (χ1) is 20.1. The number of methoxy groups -OCH3 is 1. The minimum Gasteiger partial charge on any atom is -0.497 e. The van der Waals surface area contributed by atoms with Crippen molar-refractivity contribution in [2.75, 3.05) is 18.0 Å². The van der Waals surface area contributed by atoms with Gasteiger partial charge in [0.2, 0.25) is 11.8 Å². The van der Waals surface area contributed by atoms with Gasteiger partial charge in [-0.1, -0.05) is 72.8 Å². The summed E-state index contributed by atoms with van der Waals surface area (Å²) in [4.78, 5) is 28.9. The molecular weight excluding hydrogens is 597 g/mol. The number of nitrogens with zero attached hydrogens (tertiary/aromatic N) is 2. The summed E-state index contributed by atoms with van der Waals surface area (Å²) in [6.07, 6.45) is 5.01. The monoisotopic (exact) mass is 631 g/mol. The van der Waals surface area contributed by atoms with Crippen LogP contribution in [0.1, 0.15) is 44.6 Å². The van der Waals surface area contributed by atoms with Gasteiger partial charge in [-0.3, -0.25) is 13.9 Å². The lowest BCUT2D eigenvalue weighted by molar-refractivity contribution is -0.139. The fourth-order valence-corrected chi connectivity index (χ4v) is 7.01. The van der Waals surface area contributed by atoms with Crippen molar-refractivity contribution in [3.05, 3.63) is 88.4 Å². The molecule has 0 radical (unpaired) electrons. The van der Waals surface area contributed by atoms with Crippen LogP contribution in [0.2, 0.25) is 10.0 Å². The number of ether oxygens (including phenoxy) is 1. The smallest absolute Gasteiger partial charge is 0.264 e. The van der Waals surface area contributed by atoms with Gasteiger partial charge in [0.25, 0.3) is 10.0 Å². The topological polar surface area (TPSA) is 96.0 Å². The highest BCUT2D eigenvalue weighted by Crippen LogP contribution is 2.33. The molecule has 4 rings (SSSR count). The van der Waals surface area contributed by atoms with Crippen LogP contribution in [-0.4, -0.2) is 50.9 Å². The highest BCUT2D eigenvalue weighted by molar-refractivity contribution is 7.92. The first-order valence-corrected chi connectivity index (χ1v) is 16.1. The van der Waals surface area contributed by atoms with Gasteiger partial charge >= 0.3 is 0 Å². The van der Waals surface area contributed by atoms with Crippen molar-refractivity contribution in [1.29, 1.82) is 0 Å². The van der Waals surface area contributed by atoms with E-state index >= 15 is 0 Å². The number of hydrogen-bond acceptors (Lipinski definition) is 5. The molecule has 0 aliphatic heterocycles. The van der Waals surface area contributed by atoms with Crippen molar-refractivity contribution in [2.45, 2.75) is 62.6 Å². The van der Waals surface area contributed by atoms with Crippen molar-refractivity contribution in [1.82, 2.24) is 10.2 Å². The Bertz CT molecular complexity index is 1480. The number of nitrogens with one attached hydrogen (secondary N) is 1. The van der Waals surface area contributed by atoms with Crippen LogP contribution in [-0.2, 0) is 26.2 Å². The molecular formula is C31H35Cl2N3O5S. The van der Waals surface area contributed by atoms with Gasteiger partial charge in [0, 0.05) is 17.6 Å². The number of carbonyl (C=O) groups is 2. The van der Waals surface area contributed by atoms with E-state index in [1.807, 2.05) is 0 Å². The number of carbonyl (C=O) groups excluding carboxylic acids is 2. The van der Waals surface area contributed by atoms with Gasteiger partial charge in [0.15, 0.2) is 0 Å². The lowest BCUT2D eigenvalue weighted by atomic mass is 9.95. The summed E-state index contributed by atoms with van der Waals surface area (Å²) in [5.74, 6) is -0.203. The van der Waals surface area contributed by atoms with Gasteiger partial charge in [0.1, 0.15) is 18.3 Å². The van der Waals surface area contributed by atoms with Crippen molar-refractivity contribution in [2.24, 2.45) is 0 Å². The molecule has 2 amide bonds. The number of sulfonamides is 1. The molecule has 11 heteroatoms. The van der Waals surface area contributed by atoms with Crippen molar-refractivity contribution < 1.29 is 22.7 Å². The van der Waals surface area contributed by atoms with Crippen LogP contribution in [0.25, 0.3) is 0 Å². The number of anilines is 1. The highest BCUT2D eigenvalue weighted by Gasteiger charge is 2.34. The molecule has 0 bridgehead atoms. The fourth-order valence-electron chi connectivity index (χ4n) is 5.00. The molecule has 224 valence electrons. The Hall–Kier alpha value is -3.27. The molecule has 1 fully saturated rings. The maximum atomic E-state index is 14.1. The lowest BCUT2D eigenvalue weighted by Gasteiger charge is -2.33. The Labute approximate surface area is 257 Å². The molecule has 1 atom stereocenters. The summed E-state index contributed by atoms with van der Waals surface area (Å²) < 4.78 is 34.0. The van der Waals surface area contributed by atoms with E-state index in [1.54, 1.807) is 56.5 Å². The Morgan fingerprint density at radius 1 is 0.976 bits per heavy atom. The van der Waals surface area contributed by atoms with Crippen LogP contribution < -0.4 is 14.4 Å². The minimum absolute atomic E-state index is 0.00592. The van der Waals surface area contributed by atoms with Crippen molar-refractivity contribution >= 4 is 50.7 Å². The third-order valence-corrected chi connectivity index (χ3v) is 9.73. The molecule has 1 N–H and O–H groups in total. The molecule has 3 aromatic rings. The van der Waals surface area contributed by atoms with E-state index in [1.165, 1.54) is 35.2 Å². The first-order valence-electron chi connectivity index (χ1n) is 13.9. The number of amides is 2. The molecule has 1 aliphatic carbocycles. The predicted molar refractivity (Wildman–Crippen MR) is 165 cm³/mol. The van der Waals surface area contributed by atoms with Gasteiger partial charge in [-0.2, -0.15) is 0 Å². The second kappa shape index (κ2) is 14.3. The normalized spacial score (nSPS) is 14.6. The predicted octanol–water partition coefficient (Wildman–Crippen LogP) is 6.06. The average Bonchev–Trinajstić information content (AvgIpc) is 2.99. The van der Waals surface area contributed by atoms with Crippen molar-refractivity contribution in [3.8, 4) is 5.75 Å². The molecule has 0 heterocycles. The standard InChI is InChI=1S/C31H35Cl2N3O5S/c1-22(31(38)34-25-9-5-3-6-10-25)35(20-23-13-16-26(41-2)17-14-23)30(37)21-36(29-18-15-24(32)19-28(29)33)42(39,40)27-11-7-4-8-12-27/h4,7-8,11-19,22,25H,3,5-6,9-10,20-21H2,1-2H3,(H,34,38). The zero-order chi connectivity index (χ0) is 30.3. The van der Waals surface area contributed by atoms with E-state index in [9.17, 15) is 18.0 Å². The van der Waals surface area contributed by atoms with E-state index in [0.717, 1.165) is 42.0 Å². The van der Waals surface area contributed by atoms with E-state index < -0.39 is 28.5 Å². The third kappa shape index (κ3) is 7.76. The molecule has 0 spiro atoms. The Balaban J connectivity index is 1.69. The molecule has 0 aromatic heterocycles. The van der Waals surface area contributed by atoms with Crippen LogP contribution in [0.5, 0.6) is 5.75 Å². The lowest BCUT2D eigenvalue weighted by Crippen LogP contribution is -2.53. The Kier molecular flexibility index (Phi) is 10.8. The number of rotatable bonds is 11. The molecule has 1 unspecified atom stereocenters. The molecule has 1 saturated carbocycles. The van der Waals surface area contributed by atoms with E-state index in [2.05, 4.69) is 5.32 Å². The SMILES string of the molecule is COc1ccc(CN(C(=O)CN(c2ccc(Cl)cc2Cl)S(=O)(=O)c2ccccc2)C(C)C(=O)NC2CCCCC2)cc1. The van der Waals surface area contributed by atoms with E-state index in [0.29, 0.717) is 10.8 Å². The van der Waals surface area contributed by atoms with E-state index in [4.69, 9.17) is 27.9 Å². The van der Waals surface area contributed by atoms with Gasteiger partial charge in [-0.15, -0.1) is 0 Å². The minimum atomic E-state index is -4.23. The summed E-state index contributed by atoms with van der Waals surface area (Å²) in [5.41, 5.74) is 0.852. The maximum Gasteiger partial charge on any atom is 0.264 e. The van der Waals surface area contributed by atoms with Crippen LogP contribution in [0.4, 0.5) is 5.69 Å². The first kappa shape index (κ1) is 31.7. The van der Waals surface area contributed by atoms with Gasteiger partial charge in [0.05, 0.1) is 22.7 Å². The summed E-state index contributed by atoms with van der Waals surface area (Å²) in [6, 6.07) is 18.5. The van der Waals surface area contributed by atoms with Crippen LogP contribution in [0, 0.1) is 0 Å². The zero-order valence-electron chi connectivity index (χ0n) is 23.6. The van der Waals surface area contributed by atoms with Gasteiger partial charge in [-0.25, -0.2) is 8.42 Å². The van der Waals surface area contributed by atoms with Crippen LogP contribution in [0.15, 0.2) is 77.7 Å². The summed E-state index contributed by atoms with van der Waals surface area (Å²) in [7, 11) is -2.67. The molecule has 42 heavy (non-hydrogen) atoms. The zero-order valence-corrected chi connectivity index (χ0v) is 26.0. The summed E-state index contributed by atoms with van der Waals surface area (Å²) >= 11 is 12.6. The quantitative estimate of drug-likeness (QED) is 0.277. The van der Waals surface area contributed by atoms with Crippen molar-refractivity contribution in [3.63, 3.8) is 0 Å². The third-order valence-electron chi connectivity index (χ3n) is 7.42. The number of hydrogen-bond donors (Lipinski definition) is 1. The summed E-state index contributed by atoms with van der Waals surface area (Å²) in [5, 5.41) is 3.48. The molecule has 8 nitrogen and oxygen atoms in total. The average molecular weight is 633 g/mol. The molecule has 0 saturated heterocycles. The number of benzene rings is 3. The second-order valence-corrected chi connectivity index (χ2v) is 13.0. The van der Waals surface area contributed by atoms with E-state index in [-0.39, 0.29) is 34.1 Å². The fraction of sp³-hybridized carbons (Fsp3) is 0.355. The highest BCUT2D eigenvalue weighted by atomic mass is 35.5. The second-order valence-electron chi connectivity index (χ2n) is 10.3. The van der Waals surface area contributed by atoms with Gasteiger partial charge < -0.3 is 15.0 Å². The number of halogens is 2. The Morgan fingerprint density at radius 3 is 2.26 bits per heavy atom. The molecule has 3 aromatic carbocycles. The largest absolute Gasteiger partial charge is 0.497 e. The molecule has 1 aliphatic rings. The summed E-state index contributed by atoms with van der Waals surface area (Å²) in [6.45, 7) is 1.15. The van der Waals surface area contributed by atoms with Crippen LogP contribution in [0.3, 0.4) is 0 Å². The van der Waals surface area contributed by atoms with Crippen LogP contribution >= 0.6 is 23.2 Å². The Morgan fingerprint density at radius 2 is 1.64 bits per heavy atom. The maximum absolute atomic E-state index is 14.1. The van der Waals surface area contributed by atoms with Gasteiger partial charge in [-0.05, 0) is 67.8 Å².